The number of aryl methyl sites for hydroxylation is 1. The number of carbonyl (C=O) groups excluding carboxylic acids is 1. The molecule has 0 aromatic heterocycles. The van der Waals surface area contributed by atoms with Crippen LogP contribution < -0.4 is 5.32 Å². The number of aliphatic hydroxyl groups is 1. The molecule has 2 N–H and O–H groups in total. The number of amides is 1. The zero-order chi connectivity index (χ0) is 17.0. The van der Waals surface area contributed by atoms with Crippen molar-refractivity contribution in [3.63, 3.8) is 0 Å². The minimum Gasteiger partial charge on any atom is -0.396 e. The van der Waals surface area contributed by atoms with Crippen LogP contribution in [0.5, 0.6) is 0 Å². The Bertz CT molecular complexity index is 735. The molecule has 6 heteroatoms. The largest absolute Gasteiger partial charge is 0.396 e. The van der Waals surface area contributed by atoms with Gasteiger partial charge in [0, 0.05) is 22.3 Å². The second-order valence-electron chi connectivity index (χ2n) is 5.08. The first-order valence-corrected chi connectivity index (χ1v) is 8.17. The molecule has 2 aromatic carbocycles. The first kappa shape index (κ1) is 17.8. The molecule has 0 bridgehead atoms. The van der Waals surface area contributed by atoms with Gasteiger partial charge in [-0.1, -0.05) is 6.07 Å². The van der Waals surface area contributed by atoms with Gasteiger partial charge in [-0.05, 0) is 71.3 Å². The molecule has 0 saturated heterocycles. The summed E-state index contributed by atoms with van der Waals surface area (Å²) in [6.07, 6.45) is 0.396. The molecule has 1 amide bonds. The normalized spacial score (nSPS) is 10.7. The average molecular weight is 431 g/mol. The van der Waals surface area contributed by atoms with Crippen LogP contribution in [-0.2, 0) is 0 Å². The third-order valence-corrected chi connectivity index (χ3v) is 4.09. The number of nitrogens with one attached hydrogen (secondary N) is 1. The van der Waals surface area contributed by atoms with Gasteiger partial charge >= 0.3 is 0 Å². The van der Waals surface area contributed by atoms with E-state index in [2.05, 4.69) is 27.9 Å². The summed E-state index contributed by atoms with van der Waals surface area (Å²) < 4.78 is 29.0. The molecule has 0 aliphatic rings. The molecule has 0 atom stereocenters. The Hall–Kier alpha value is -1.54. The number of benzene rings is 2. The van der Waals surface area contributed by atoms with Crippen molar-refractivity contribution < 1.29 is 18.7 Å². The number of halogens is 3. The van der Waals surface area contributed by atoms with Gasteiger partial charge in [-0.2, -0.15) is 0 Å². The van der Waals surface area contributed by atoms with Crippen molar-refractivity contribution in [3.8, 4) is 11.1 Å². The lowest BCUT2D eigenvalue weighted by molar-refractivity contribution is 0.0951. The summed E-state index contributed by atoms with van der Waals surface area (Å²) in [5.41, 5.74) is 1.27. The third-order valence-electron chi connectivity index (χ3n) is 3.42. The molecular formula is C17H16F2INO2. The van der Waals surface area contributed by atoms with Gasteiger partial charge in [-0.3, -0.25) is 4.79 Å². The molecule has 0 unspecified atom stereocenters. The van der Waals surface area contributed by atoms with E-state index in [4.69, 9.17) is 5.11 Å². The number of hydrogen-bond acceptors (Lipinski definition) is 2. The van der Waals surface area contributed by atoms with E-state index in [1.807, 2.05) is 6.07 Å². The summed E-state index contributed by atoms with van der Waals surface area (Å²) in [6, 6.07) is 7.52. The molecule has 0 aliphatic heterocycles. The average Bonchev–Trinajstić information content (AvgIpc) is 2.51. The summed E-state index contributed by atoms with van der Waals surface area (Å²) in [7, 11) is 0. The van der Waals surface area contributed by atoms with E-state index < -0.39 is 17.5 Å². The van der Waals surface area contributed by atoms with E-state index in [1.54, 1.807) is 19.1 Å². The molecule has 0 aliphatic carbocycles. The summed E-state index contributed by atoms with van der Waals surface area (Å²) >= 11 is 2.13. The van der Waals surface area contributed by atoms with Gasteiger partial charge in [0.05, 0.1) is 5.56 Å². The number of carbonyl (C=O) groups is 1. The molecule has 0 saturated carbocycles. The van der Waals surface area contributed by atoms with Gasteiger partial charge in [-0.25, -0.2) is 8.78 Å². The number of aliphatic hydroxyl groups excluding tert-OH is 1. The van der Waals surface area contributed by atoms with Crippen LogP contribution in [0.1, 0.15) is 22.3 Å². The van der Waals surface area contributed by atoms with Crippen LogP contribution in [-0.4, -0.2) is 24.2 Å². The highest BCUT2D eigenvalue weighted by molar-refractivity contribution is 14.1. The highest BCUT2D eigenvalue weighted by Crippen LogP contribution is 2.32. The Balaban J connectivity index is 2.52. The zero-order valence-corrected chi connectivity index (χ0v) is 14.7. The maximum Gasteiger partial charge on any atom is 0.252 e. The molecular weight excluding hydrogens is 415 g/mol. The number of hydrogen-bond donors (Lipinski definition) is 2. The molecule has 0 radical (unpaired) electrons. The van der Waals surface area contributed by atoms with Crippen molar-refractivity contribution in [2.24, 2.45) is 0 Å². The smallest absolute Gasteiger partial charge is 0.252 e. The van der Waals surface area contributed by atoms with Crippen LogP contribution in [0.25, 0.3) is 11.1 Å². The lowest BCUT2D eigenvalue weighted by Gasteiger charge is -2.14. The summed E-state index contributed by atoms with van der Waals surface area (Å²) in [6.45, 7) is 2.00. The minimum atomic E-state index is -1.04. The van der Waals surface area contributed by atoms with Gasteiger partial charge in [0.15, 0.2) is 11.6 Å². The van der Waals surface area contributed by atoms with Gasteiger partial charge in [0.25, 0.3) is 5.91 Å². The Morgan fingerprint density at radius 1 is 1.26 bits per heavy atom. The van der Waals surface area contributed by atoms with E-state index in [1.165, 1.54) is 6.07 Å². The maximum absolute atomic E-state index is 14.4. The predicted octanol–water partition coefficient (Wildman–Crippen LogP) is 3.66. The van der Waals surface area contributed by atoms with Crippen LogP contribution in [0, 0.1) is 22.1 Å². The molecule has 0 heterocycles. The Kier molecular flexibility index (Phi) is 6.06. The Morgan fingerprint density at radius 3 is 2.65 bits per heavy atom. The summed E-state index contributed by atoms with van der Waals surface area (Å²) in [4.78, 5) is 12.3. The third kappa shape index (κ3) is 4.06. The zero-order valence-electron chi connectivity index (χ0n) is 12.5. The van der Waals surface area contributed by atoms with Crippen LogP contribution in [0.15, 0.2) is 30.3 Å². The van der Waals surface area contributed by atoms with Crippen LogP contribution in [0.4, 0.5) is 8.78 Å². The molecule has 23 heavy (non-hydrogen) atoms. The van der Waals surface area contributed by atoms with Gasteiger partial charge in [-0.15, -0.1) is 0 Å². The van der Waals surface area contributed by atoms with Crippen molar-refractivity contribution in [3.05, 3.63) is 56.7 Å². The SMILES string of the molecule is Cc1cc(I)ccc1-c1c(C(=O)NCCCO)ccc(F)c1F. The highest BCUT2D eigenvalue weighted by Gasteiger charge is 2.21. The van der Waals surface area contributed by atoms with E-state index in [9.17, 15) is 13.6 Å². The Labute approximate surface area is 146 Å². The first-order valence-electron chi connectivity index (χ1n) is 7.09. The molecule has 2 aromatic rings. The van der Waals surface area contributed by atoms with Crippen molar-refractivity contribution in [1.29, 1.82) is 0 Å². The lowest BCUT2D eigenvalue weighted by Crippen LogP contribution is -2.26. The monoisotopic (exact) mass is 431 g/mol. The van der Waals surface area contributed by atoms with E-state index in [0.29, 0.717) is 12.0 Å². The standard InChI is InChI=1S/C17H16F2INO2/c1-10-9-11(20)3-4-12(10)15-13(5-6-14(18)16(15)19)17(23)21-7-2-8-22/h3-6,9,22H,2,7-8H2,1H3,(H,21,23). The van der Waals surface area contributed by atoms with E-state index >= 15 is 0 Å². The fourth-order valence-corrected chi connectivity index (χ4v) is 2.93. The fourth-order valence-electron chi connectivity index (χ4n) is 2.29. The quantitative estimate of drug-likeness (QED) is 0.561. The van der Waals surface area contributed by atoms with Crippen LogP contribution in [0.3, 0.4) is 0 Å². The Morgan fingerprint density at radius 2 is 2.00 bits per heavy atom. The van der Waals surface area contributed by atoms with E-state index in [0.717, 1.165) is 15.2 Å². The topological polar surface area (TPSA) is 49.3 Å². The molecule has 2 rings (SSSR count). The summed E-state index contributed by atoms with van der Waals surface area (Å²) in [5, 5.41) is 11.4. The van der Waals surface area contributed by atoms with Gasteiger partial charge < -0.3 is 10.4 Å². The first-order chi connectivity index (χ1) is 11.0. The van der Waals surface area contributed by atoms with Gasteiger partial charge in [0.1, 0.15) is 0 Å². The predicted molar refractivity (Wildman–Crippen MR) is 93.3 cm³/mol. The summed E-state index contributed by atoms with van der Waals surface area (Å²) in [5.74, 6) is -2.53. The number of rotatable bonds is 5. The second kappa shape index (κ2) is 7.83. The van der Waals surface area contributed by atoms with Crippen LogP contribution in [0.2, 0.25) is 0 Å². The van der Waals surface area contributed by atoms with Crippen LogP contribution >= 0.6 is 22.6 Å². The van der Waals surface area contributed by atoms with Crippen molar-refractivity contribution in [1.82, 2.24) is 5.32 Å². The van der Waals surface area contributed by atoms with Gasteiger partial charge in [0.2, 0.25) is 0 Å². The molecule has 3 nitrogen and oxygen atoms in total. The molecule has 122 valence electrons. The van der Waals surface area contributed by atoms with Crippen molar-refractivity contribution in [2.45, 2.75) is 13.3 Å². The van der Waals surface area contributed by atoms with E-state index in [-0.39, 0.29) is 24.3 Å². The highest BCUT2D eigenvalue weighted by atomic mass is 127. The maximum atomic E-state index is 14.4. The molecule has 0 spiro atoms. The van der Waals surface area contributed by atoms with Crippen molar-refractivity contribution >= 4 is 28.5 Å². The lowest BCUT2D eigenvalue weighted by atomic mass is 9.94. The van der Waals surface area contributed by atoms with Crippen molar-refractivity contribution in [2.75, 3.05) is 13.2 Å². The minimum absolute atomic E-state index is 0.0413. The second-order valence-corrected chi connectivity index (χ2v) is 6.32. The fraction of sp³-hybridized carbons (Fsp3) is 0.235. The molecule has 0 fully saturated rings.